The Labute approximate surface area is 194 Å². The van der Waals surface area contributed by atoms with Gasteiger partial charge in [-0.1, -0.05) is 12.1 Å². The molecule has 2 aromatic rings. The number of nitrogens with one attached hydrogen (secondary N) is 1. The van der Waals surface area contributed by atoms with Crippen molar-refractivity contribution in [1.82, 2.24) is 19.7 Å². The summed E-state index contributed by atoms with van der Waals surface area (Å²) in [5.41, 5.74) is -0.877. The van der Waals surface area contributed by atoms with Crippen molar-refractivity contribution in [2.45, 2.75) is 44.8 Å². The lowest BCUT2D eigenvalue weighted by Gasteiger charge is -2.33. The van der Waals surface area contributed by atoms with Crippen LogP contribution >= 0.6 is 0 Å². The monoisotopic (exact) mass is 472 g/mol. The summed E-state index contributed by atoms with van der Waals surface area (Å²) >= 11 is 0. The highest BCUT2D eigenvalue weighted by Gasteiger charge is 2.46. The van der Waals surface area contributed by atoms with E-state index in [1.54, 1.807) is 9.47 Å². The van der Waals surface area contributed by atoms with Crippen LogP contribution in [0.15, 0.2) is 23.0 Å². The van der Waals surface area contributed by atoms with Crippen molar-refractivity contribution in [2.24, 2.45) is 0 Å². The first kappa shape index (κ1) is 22.5. The highest BCUT2D eigenvalue weighted by atomic mass is 19.2. The number of hydrogen-bond donors (Lipinski definition) is 2. The van der Waals surface area contributed by atoms with E-state index in [4.69, 9.17) is 0 Å². The molecule has 10 heteroatoms. The Kier molecular flexibility index (Phi) is 5.63. The molecular weight excluding hydrogens is 446 g/mol. The van der Waals surface area contributed by atoms with E-state index in [0.29, 0.717) is 25.2 Å². The van der Waals surface area contributed by atoms with Gasteiger partial charge < -0.3 is 19.9 Å². The second-order valence-corrected chi connectivity index (χ2v) is 9.04. The molecular formula is C24H26F2N4O4. The third kappa shape index (κ3) is 3.39. The Hall–Kier alpha value is -3.27. The summed E-state index contributed by atoms with van der Waals surface area (Å²) in [5.74, 6) is -4.08. The molecule has 2 amide bonds. The van der Waals surface area contributed by atoms with Crippen molar-refractivity contribution >= 4 is 11.8 Å². The zero-order valence-corrected chi connectivity index (χ0v) is 18.8. The Morgan fingerprint density at radius 2 is 1.94 bits per heavy atom. The highest BCUT2D eigenvalue weighted by Crippen LogP contribution is 2.45. The van der Waals surface area contributed by atoms with Crippen LogP contribution in [0.1, 0.15) is 70.4 Å². The molecule has 3 aliphatic heterocycles. The number of amides is 2. The molecule has 3 aliphatic rings. The number of rotatable bonds is 5. The average molecular weight is 472 g/mol. The molecule has 1 aromatic carbocycles. The van der Waals surface area contributed by atoms with E-state index in [1.807, 2.05) is 6.92 Å². The van der Waals surface area contributed by atoms with Crippen LogP contribution in [-0.4, -0.2) is 57.5 Å². The molecule has 2 N–H and O–H groups in total. The first-order chi connectivity index (χ1) is 16.3. The summed E-state index contributed by atoms with van der Waals surface area (Å²) < 4.78 is 29.3. The second kappa shape index (κ2) is 8.50. The van der Waals surface area contributed by atoms with Crippen LogP contribution in [0, 0.1) is 11.6 Å². The van der Waals surface area contributed by atoms with Crippen LogP contribution in [0.4, 0.5) is 8.78 Å². The molecule has 0 radical (unpaired) electrons. The van der Waals surface area contributed by atoms with Gasteiger partial charge in [0, 0.05) is 25.2 Å². The van der Waals surface area contributed by atoms with Crippen LogP contribution in [0.5, 0.6) is 5.75 Å². The minimum atomic E-state index is -1.07. The van der Waals surface area contributed by atoms with Gasteiger partial charge in [-0.05, 0) is 45.3 Å². The number of likely N-dealkylation sites (tertiary alicyclic amines) is 1. The predicted octanol–water partition coefficient (Wildman–Crippen LogP) is 2.32. The Balaban J connectivity index is 1.60. The SMILES string of the molecule is CCN1C[C@@H]2CC(N3CCCC3)c3c(C(=O)NCc4cccc(F)c4F)c(=O)c(O)c(n32)C1=O. The van der Waals surface area contributed by atoms with Gasteiger partial charge in [0.05, 0.1) is 17.8 Å². The van der Waals surface area contributed by atoms with Gasteiger partial charge in [0.25, 0.3) is 11.8 Å². The first-order valence-corrected chi connectivity index (χ1v) is 11.6. The van der Waals surface area contributed by atoms with E-state index in [0.717, 1.165) is 32.0 Å². The quantitative estimate of drug-likeness (QED) is 0.697. The van der Waals surface area contributed by atoms with E-state index in [1.165, 1.54) is 12.1 Å². The number of pyridine rings is 1. The molecule has 2 atom stereocenters. The normalized spacial score (nSPS) is 21.7. The van der Waals surface area contributed by atoms with Crippen molar-refractivity contribution in [3.8, 4) is 5.75 Å². The maximum absolute atomic E-state index is 14.1. The van der Waals surface area contributed by atoms with Gasteiger partial charge in [-0.3, -0.25) is 19.3 Å². The number of carbonyl (C=O) groups is 2. The van der Waals surface area contributed by atoms with Gasteiger partial charge in [0.15, 0.2) is 23.1 Å². The molecule has 180 valence electrons. The van der Waals surface area contributed by atoms with E-state index in [2.05, 4.69) is 10.2 Å². The number of aromatic hydroxyl groups is 1. The maximum Gasteiger partial charge on any atom is 0.274 e. The lowest BCUT2D eigenvalue weighted by Crippen LogP contribution is -2.44. The number of nitrogens with zero attached hydrogens (tertiary/aromatic N) is 3. The predicted molar refractivity (Wildman–Crippen MR) is 119 cm³/mol. The molecule has 0 saturated carbocycles. The Morgan fingerprint density at radius 3 is 2.65 bits per heavy atom. The second-order valence-electron chi connectivity index (χ2n) is 9.04. The van der Waals surface area contributed by atoms with E-state index >= 15 is 0 Å². The summed E-state index contributed by atoms with van der Waals surface area (Å²) in [6, 6.07) is 3.23. The molecule has 4 heterocycles. The molecule has 34 heavy (non-hydrogen) atoms. The molecule has 1 aromatic heterocycles. The van der Waals surface area contributed by atoms with Gasteiger partial charge in [-0.25, -0.2) is 8.78 Å². The third-order valence-electron chi connectivity index (χ3n) is 7.18. The van der Waals surface area contributed by atoms with Crippen LogP contribution < -0.4 is 10.7 Å². The Morgan fingerprint density at radius 1 is 1.21 bits per heavy atom. The summed E-state index contributed by atoms with van der Waals surface area (Å²) in [6.07, 6.45) is 2.60. The number of likely N-dealkylation sites (N-methyl/N-ethyl adjacent to an activating group) is 1. The maximum atomic E-state index is 14.1. The fourth-order valence-electron chi connectivity index (χ4n) is 5.54. The molecule has 0 aliphatic carbocycles. The van der Waals surface area contributed by atoms with Gasteiger partial charge >= 0.3 is 0 Å². The first-order valence-electron chi connectivity index (χ1n) is 11.6. The number of aromatic nitrogens is 1. The lowest BCUT2D eigenvalue weighted by molar-refractivity contribution is 0.0672. The topological polar surface area (TPSA) is 94.9 Å². The minimum absolute atomic E-state index is 0.0604. The van der Waals surface area contributed by atoms with Crippen molar-refractivity contribution in [3.63, 3.8) is 0 Å². The molecule has 5 rings (SSSR count). The number of carbonyl (C=O) groups excluding carboxylic acids is 2. The summed E-state index contributed by atoms with van der Waals surface area (Å²) in [6.45, 7) is 3.99. The van der Waals surface area contributed by atoms with Crippen LogP contribution in [-0.2, 0) is 6.54 Å². The summed E-state index contributed by atoms with van der Waals surface area (Å²) in [5, 5.41) is 13.3. The van der Waals surface area contributed by atoms with E-state index < -0.39 is 34.6 Å². The standard InChI is InChI=1S/C24H26F2N4O4/c1-2-28-12-14-10-16(29-8-3-4-9-29)19-17(21(31)22(32)20(24(28)34)30(14)19)23(33)27-11-13-6-5-7-15(25)18(13)26/h5-7,14,16,32H,2-4,8-12H2,1H3,(H,27,33)/t14-,16?/m0/s1. The van der Waals surface area contributed by atoms with Gasteiger partial charge in [0.2, 0.25) is 5.43 Å². The third-order valence-corrected chi connectivity index (χ3v) is 7.18. The molecule has 1 saturated heterocycles. The van der Waals surface area contributed by atoms with Gasteiger partial charge in [0.1, 0.15) is 5.56 Å². The van der Waals surface area contributed by atoms with Crippen molar-refractivity contribution in [1.29, 1.82) is 0 Å². The van der Waals surface area contributed by atoms with E-state index in [9.17, 15) is 28.3 Å². The van der Waals surface area contributed by atoms with Gasteiger partial charge in [-0.2, -0.15) is 0 Å². The Bertz CT molecular complexity index is 1240. The number of hydrogen-bond acceptors (Lipinski definition) is 5. The van der Waals surface area contributed by atoms with Crippen molar-refractivity contribution < 1.29 is 23.5 Å². The highest BCUT2D eigenvalue weighted by molar-refractivity contribution is 6.00. The number of benzene rings is 1. The summed E-state index contributed by atoms with van der Waals surface area (Å²) in [4.78, 5) is 43.4. The molecule has 8 nitrogen and oxygen atoms in total. The fourth-order valence-corrected chi connectivity index (χ4v) is 5.54. The van der Waals surface area contributed by atoms with Gasteiger partial charge in [-0.15, -0.1) is 0 Å². The van der Waals surface area contributed by atoms with Crippen molar-refractivity contribution in [2.75, 3.05) is 26.2 Å². The van der Waals surface area contributed by atoms with E-state index in [-0.39, 0.29) is 35.4 Å². The smallest absolute Gasteiger partial charge is 0.274 e. The molecule has 0 spiro atoms. The zero-order valence-electron chi connectivity index (χ0n) is 18.8. The fraction of sp³-hybridized carbons (Fsp3) is 0.458. The minimum Gasteiger partial charge on any atom is -0.503 e. The van der Waals surface area contributed by atoms with Crippen LogP contribution in [0.3, 0.4) is 0 Å². The molecule has 0 bridgehead atoms. The average Bonchev–Trinajstić information content (AvgIpc) is 3.47. The largest absolute Gasteiger partial charge is 0.503 e. The lowest BCUT2D eigenvalue weighted by atomic mass is 10.0. The zero-order chi connectivity index (χ0) is 24.1. The van der Waals surface area contributed by atoms with Crippen LogP contribution in [0.2, 0.25) is 0 Å². The molecule has 1 unspecified atom stereocenters. The summed E-state index contributed by atoms with van der Waals surface area (Å²) in [7, 11) is 0. The van der Waals surface area contributed by atoms with Crippen LogP contribution in [0.25, 0.3) is 0 Å². The number of halogens is 2. The van der Waals surface area contributed by atoms with Crippen molar-refractivity contribution in [3.05, 3.63) is 62.6 Å². The molecule has 1 fully saturated rings.